The average molecular weight is 313 g/mol. The number of carbonyl (C=O) groups is 2. The van der Waals surface area contributed by atoms with Crippen LogP contribution in [0.4, 0.5) is 11.4 Å². The van der Waals surface area contributed by atoms with Crippen LogP contribution in [-0.4, -0.2) is 16.7 Å². The highest BCUT2D eigenvalue weighted by Crippen LogP contribution is 2.17. The number of amides is 1. The maximum Gasteiger partial charge on any atom is 0.224 e. The van der Waals surface area contributed by atoms with Gasteiger partial charge in [0, 0.05) is 19.0 Å². The van der Waals surface area contributed by atoms with Gasteiger partial charge < -0.3 is 16.0 Å². The number of H-pyrrole nitrogens is 1. The van der Waals surface area contributed by atoms with Crippen LogP contribution in [0.2, 0.25) is 0 Å². The smallest absolute Gasteiger partial charge is 0.224 e. The summed E-state index contributed by atoms with van der Waals surface area (Å²) in [6, 6.07) is 10.8. The number of unbranched alkanes of at least 4 members (excludes halogenated alkanes) is 3. The number of nitrogens with two attached hydrogens (primary N) is 1. The van der Waals surface area contributed by atoms with E-state index in [1.165, 1.54) is 0 Å². The van der Waals surface area contributed by atoms with Crippen molar-refractivity contribution < 1.29 is 9.59 Å². The first-order valence-electron chi connectivity index (χ1n) is 7.98. The van der Waals surface area contributed by atoms with E-state index in [1.807, 2.05) is 18.2 Å². The molecule has 0 spiro atoms. The summed E-state index contributed by atoms with van der Waals surface area (Å²) in [7, 11) is 0. The lowest BCUT2D eigenvalue weighted by Gasteiger charge is -2.07. The topological polar surface area (TPSA) is 88.0 Å². The van der Waals surface area contributed by atoms with Gasteiger partial charge in [0.25, 0.3) is 0 Å². The van der Waals surface area contributed by atoms with Crippen LogP contribution in [0, 0.1) is 0 Å². The minimum absolute atomic E-state index is 0.0228. The summed E-state index contributed by atoms with van der Waals surface area (Å²) in [5.74, 6) is 0.123. The maximum atomic E-state index is 11.8. The van der Waals surface area contributed by atoms with Gasteiger partial charge in [-0.2, -0.15) is 0 Å². The number of para-hydroxylation sites is 2. The van der Waals surface area contributed by atoms with Gasteiger partial charge in [0.1, 0.15) is 0 Å². The maximum absolute atomic E-state index is 11.8. The molecule has 1 heterocycles. The molecule has 1 aromatic carbocycles. The lowest BCUT2D eigenvalue weighted by atomic mass is 10.1. The molecule has 122 valence electrons. The first-order chi connectivity index (χ1) is 11.2. The number of anilines is 2. The molecule has 0 aliphatic carbocycles. The zero-order valence-electron chi connectivity index (χ0n) is 13.2. The van der Waals surface area contributed by atoms with Crippen molar-refractivity contribution >= 4 is 23.1 Å². The molecule has 1 aromatic heterocycles. The summed E-state index contributed by atoms with van der Waals surface area (Å²) in [6.45, 7) is 0. The van der Waals surface area contributed by atoms with Gasteiger partial charge in [-0.05, 0) is 37.1 Å². The zero-order chi connectivity index (χ0) is 16.5. The van der Waals surface area contributed by atoms with E-state index in [2.05, 4.69) is 10.3 Å². The average Bonchev–Trinajstić information content (AvgIpc) is 3.07. The molecule has 0 radical (unpaired) electrons. The molecule has 2 aromatic rings. The number of Topliss-reactive ketones (excluding diaryl/α,β-unsaturated/α-hetero) is 1. The number of carbonyl (C=O) groups excluding carboxylic acids is 2. The number of aromatic amines is 1. The van der Waals surface area contributed by atoms with Crippen molar-refractivity contribution in [2.75, 3.05) is 11.1 Å². The Hall–Kier alpha value is -2.56. The predicted octanol–water partition coefficient (Wildman–Crippen LogP) is 3.76. The standard InChI is InChI=1S/C18H23N3O2/c19-14-8-5-6-9-15(14)21-18(23)12-4-2-1-3-11-17(22)16-10-7-13-20-16/h5-10,13,20H,1-4,11-12,19H2,(H,21,23). The van der Waals surface area contributed by atoms with Crippen molar-refractivity contribution in [2.24, 2.45) is 0 Å². The fraction of sp³-hybridized carbons (Fsp3) is 0.333. The lowest BCUT2D eigenvalue weighted by molar-refractivity contribution is -0.116. The third kappa shape index (κ3) is 5.62. The Morgan fingerprint density at radius 1 is 0.957 bits per heavy atom. The summed E-state index contributed by atoms with van der Waals surface area (Å²) < 4.78 is 0. The first kappa shape index (κ1) is 16.8. The Balaban J connectivity index is 1.56. The molecule has 23 heavy (non-hydrogen) atoms. The van der Waals surface area contributed by atoms with Crippen LogP contribution in [0.1, 0.15) is 49.0 Å². The third-order valence-corrected chi connectivity index (χ3v) is 3.69. The van der Waals surface area contributed by atoms with E-state index >= 15 is 0 Å². The fourth-order valence-corrected chi connectivity index (χ4v) is 2.39. The molecule has 0 unspecified atom stereocenters. The number of ketones is 1. The van der Waals surface area contributed by atoms with Gasteiger partial charge in [-0.15, -0.1) is 0 Å². The van der Waals surface area contributed by atoms with Gasteiger partial charge in [0.05, 0.1) is 17.1 Å². The Kier molecular flexibility index (Phi) is 6.41. The second kappa shape index (κ2) is 8.78. The van der Waals surface area contributed by atoms with Crippen LogP contribution in [-0.2, 0) is 4.79 Å². The fourth-order valence-electron chi connectivity index (χ4n) is 2.39. The highest BCUT2D eigenvalue weighted by molar-refractivity contribution is 5.94. The quantitative estimate of drug-likeness (QED) is 0.374. The number of hydrogen-bond donors (Lipinski definition) is 3. The summed E-state index contributed by atoms with van der Waals surface area (Å²) in [5, 5.41) is 2.82. The Morgan fingerprint density at radius 2 is 1.70 bits per heavy atom. The molecular formula is C18H23N3O2. The zero-order valence-corrected chi connectivity index (χ0v) is 13.2. The molecule has 0 saturated heterocycles. The van der Waals surface area contributed by atoms with Gasteiger partial charge in [0.15, 0.2) is 5.78 Å². The third-order valence-electron chi connectivity index (χ3n) is 3.69. The summed E-state index contributed by atoms with van der Waals surface area (Å²) in [6.07, 6.45) is 6.33. The highest BCUT2D eigenvalue weighted by Gasteiger charge is 2.07. The van der Waals surface area contributed by atoms with Gasteiger partial charge in [-0.3, -0.25) is 9.59 Å². The molecule has 5 nitrogen and oxygen atoms in total. The van der Waals surface area contributed by atoms with Gasteiger partial charge in [-0.1, -0.05) is 25.0 Å². The van der Waals surface area contributed by atoms with Crippen molar-refractivity contribution in [3.05, 3.63) is 48.3 Å². The molecule has 5 heteroatoms. The van der Waals surface area contributed by atoms with Crippen molar-refractivity contribution in [2.45, 2.75) is 38.5 Å². The molecular weight excluding hydrogens is 290 g/mol. The van der Waals surface area contributed by atoms with Crippen LogP contribution < -0.4 is 11.1 Å². The van der Waals surface area contributed by atoms with E-state index in [0.29, 0.717) is 29.9 Å². The van der Waals surface area contributed by atoms with Crippen LogP contribution in [0.25, 0.3) is 0 Å². The molecule has 0 aliphatic rings. The van der Waals surface area contributed by atoms with Crippen molar-refractivity contribution in [1.82, 2.24) is 4.98 Å². The Labute approximate surface area is 136 Å². The molecule has 2 rings (SSSR count). The molecule has 0 bridgehead atoms. The molecule has 0 saturated carbocycles. The number of hydrogen-bond acceptors (Lipinski definition) is 3. The predicted molar refractivity (Wildman–Crippen MR) is 92.3 cm³/mol. The van der Waals surface area contributed by atoms with Crippen molar-refractivity contribution in [3.63, 3.8) is 0 Å². The number of benzene rings is 1. The normalized spacial score (nSPS) is 10.4. The summed E-state index contributed by atoms with van der Waals surface area (Å²) >= 11 is 0. The Morgan fingerprint density at radius 3 is 2.39 bits per heavy atom. The number of rotatable bonds is 9. The van der Waals surface area contributed by atoms with Crippen molar-refractivity contribution in [3.8, 4) is 0 Å². The molecule has 1 amide bonds. The molecule has 0 aliphatic heterocycles. The van der Waals surface area contributed by atoms with E-state index < -0.39 is 0 Å². The van der Waals surface area contributed by atoms with Crippen LogP contribution in [0.3, 0.4) is 0 Å². The molecule has 0 fully saturated rings. The van der Waals surface area contributed by atoms with E-state index in [1.54, 1.807) is 24.4 Å². The van der Waals surface area contributed by atoms with Gasteiger partial charge in [-0.25, -0.2) is 0 Å². The van der Waals surface area contributed by atoms with Crippen LogP contribution in [0.15, 0.2) is 42.6 Å². The van der Waals surface area contributed by atoms with E-state index in [0.717, 1.165) is 25.7 Å². The largest absolute Gasteiger partial charge is 0.397 e. The monoisotopic (exact) mass is 313 g/mol. The molecule has 0 atom stereocenters. The van der Waals surface area contributed by atoms with Crippen LogP contribution >= 0.6 is 0 Å². The van der Waals surface area contributed by atoms with Crippen LogP contribution in [0.5, 0.6) is 0 Å². The molecule has 4 N–H and O–H groups in total. The number of nitrogen functional groups attached to an aromatic ring is 1. The van der Waals surface area contributed by atoms with E-state index in [-0.39, 0.29) is 11.7 Å². The van der Waals surface area contributed by atoms with Crippen molar-refractivity contribution in [1.29, 1.82) is 0 Å². The lowest BCUT2D eigenvalue weighted by Crippen LogP contribution is -2.12. The SMILES string of the molecule is Nc1ccccc1NC(=O)CCCCCCC(=O)c1ccc[nH]1. The first-order valence-corrected chi connectivity index (χ1v) is 7.98. The number of aromatic nitrogens is 1. The Bertz CT molecular complexity index is 635. The van der Waals surface area contributed by atoms with Gasteiger partial charge in [0.2, 0.25) is 5.91 Å². The second-order valence-electron chi connectivity index (χ2n) is 5.56. The second-order valence-corrected chi connectivity index (χ2v) is 5.56. The minimum Gasteiger partial charge on any atom is -0.397 e. The summed E-state index contributed by atoms with van der Waals surface area (Å²) in [5.41, 5.74) is 7.69. The minimum atomic E-state index is -0.0228. The van der Waals surface area contributed by atoms with Gasteiger partial charge >= 0.3 is 0 Å². The van der Waals surface area contributed by atoms with E-state index in [9.17, 15) is 9.59 Å². The highest BCUT2D eigenvalue weighted by atomic mass is 16.1. The number of nitrogens with one attached hydrogen (secondary N) is 2. The van der Waals surface area contributed by atoms with E-state index in [4.69, 9.17) is 5.73 Å². The summed E-state index contributed by atoms with van der Waals surface area (Å²) in [4.78, 5) is 26.5.